The van der Waals surface area contributed by atoms with Gasteiger partial charge in [-0.05, 0) is 63.0 Å². The molecule has 0 unspecified atom stereocenters. The fourth-order valence-electron chi connectivity index (χ4n) is 4.85. The maximum atomic E-state index is 13.8. The van der Waals surface area contributed by atoms with E-state index in [4.69, 9.17) is 4.74 Å². The third-order valence-corrected chi connectivity index (χ3v) is 6.74. The summed E-state index contributed by atoms with van der Waals surface area (Å²) in [6.45, 7) is 3.41. The van der Waals surface area contributed by atoms with E-state index in [1.54, 1.807) is 13.0 Å². The molecule has 1 aliphatic carbocycles. The lowest BCUT2D eigenvalue weighted by molar-refractivity contribution is -0.141. The van der Waals surface area contributed by atoms with Gasteiger partial charge in [-0.25, -0.2) is 13.8 Å². The molecule has 1 N–H and O–H groups in total. The number of nitrogens with one attached hydrogen (secondary N) is 1. The molecule has 2 aliphatic rings. The molecule has 1 aliphatic heterocycles. The Labute approximate surface area is 188 Å². The smallest absolute Gasteiger partial charge is 0.381 e. The van der Waals surface area contributed by atoms with E-state index in [0.717, 1.165) is 12.8 Å². The molecule has 0 bridgehead atoms. The van der Waals surface area contributed by atoms with Gasteiger partial charge < -0.3 is 14.5 Å². The number of pyridine rings is 1. The molecule has 1 saturated heterocycles. The van der Waals surface area contributed by atoms with Crippen LogP contribution in [0.1, 0.15) is 66.0 Å². The largest absolute Gasteiger partial charge is 0.435 e. The van der Waals surface area contributed by atoms with E-state index < -0.39 is 17.8 Å². The highest BCUT2D eigenvalue weighted by Crippen LogP contribution is 2.40. The fourth-order valence-corrected chi connectivity index (χ4v) is 4.85. The second kappa shape index (κ2) is 9.19. The molecule has 3 heterocycles. The summed E-state index contributed by atoms with van der Waals surface area (Å²) in [7, 11) is 0. The van der Waals surface area contributed by atoms with Gasteiger partial charge in [0.2, 0.25) is 5.92 Å². The van der Waals surface area contributed by atoms with Crippen molar-refractivity contribution in [1.29, 1.82) is 0 Å². The second-order valence-electron chi connectivity index (χ2n) is 9.25. The first-order chi connectivity index (χ1) is 15.5. The number of rotatable bonds is 5. The zero-order valence-electron chi connectivity index (χ0n) is 18.5. The molecule has 5 nitrogen and oxygen atoms in total. The summed E-state index contributed by atoms with van der Waals surface area (Å²) in [5.41, 5.74) is -0.311. The number of halogens is 5. The van der Waals surface area contributed by atoms with Gasteiger partial charge in [0.1, 0.15) is 5.65 Å². The summed E-state index contributed by atoms with van der Waals surface area (Å²) in [4.78, 5) is 16.5. The Balaban J connectivity index is 1.59. The predicted molar refractivity (Wildman–Crippen MR) is 111 cm³/mol. The predicted octanol–water partition coefficient (Wildman–Crippen LogP) is 5.19. The molecule has 0 spiro atoms. The van der Waals surface area contributed by atoms with Crippen LogP contribution in [0.25, 0.3) is 5.65 Å². The molecule has 1 amide bonds. The van der Waals surface area contributed by atoms with Crippen LogP contribution >= 0.6 is 0 Å². The van der Waals surface area contributed by atoms with E-state index in [1.807, 2.05) is 0 Å². The van der Waals surface area contributed by atoms with Crippen molar-refractivity contribution in [3.05, 3.63) is 34.8 Å². The number of nitrogens with zero attached hydrogens (tertiary/aromatic N) is 2. The summed E-state index contributed by atoms with van der Waals surface area (Å²) in [5.74, 6) is -3.07. The average Bonchev–Trinajstić information content (AvgIpc) is 3.13. The van der Waals surface area contributed by atoms with Crippen molar-refractivity contribution in [2.24, 2.45) is 11.8 Å². The minimum atomic E-state index is -4.68. The lowest BCUT2D eigenvalue weighted by atomic mass is 9.83. The zero-order chi connectivity index (χ0) is 23.8. The van der Waals surface area contributed by atoms with E-state index in [9.17, 15) is 26.7 Å². The van der Waals surface area contributed by atoms with Crippen molar-refractivity contribution in [3.63, 3.8) is 0 Å². The highest BCUT2D eigenvalue weighted by Gasteiger charge is 2.40. The quantitative estimate of drug-likeness (QED) is 0.609. The SMILES string of the molecule is Cc1cc(C(=O)NCC2CCOCC2)cc2nc(C(F)(F)F)c(CC3CCC(F)(F)CC3)n12. The van der Waals surface area contributed by atoms with E-state index in [2.05, 4.69) is 10.3 Å². The van der Waals surface area contributed by atoms with Crippen molar-refractivity contribution in [2.75, 3.05) is 19.8 Å². The second-order valence-corrected chi connectivity index (χ2v) is 9.25. The third-order valence-electron chi connectivity index (χ3n) is 6.74. The van der Waals surface area contributed by atoms with Crippen LogP contribution < -0.4 is 5.32 Å². The minimum absolute atomic E-state index is 0.0161. The zero-order valence-corrected chi connectivity index (χ0v) is 18.5. The van der Waals surface area contributed by atoms with Gasteiger partial charge in [-0.15, -0.1) is 0 Å². The summed E-state index contributed by atoms with van der Waals surface area (Å²) in [6.07, 6.45) is -3.25. The van der Waals surface area contributed by atoms with Gasteiger partial charge in [-0.2, -0.15) is 13.2 Å². The number of imidazole rings is 1. The van der Waals surface area contributed by atoms with Crippen LogP contribution in [0.15, 0.2) is 12.1 Å². The van der Waals surface area contributed by atoms with Crippen LogP contribution in [-0.4, -0.2) is 41.0 Å². The molecule has 0 radical (unpaired) electrons. The van der Waals surface area contributed by atoms with E-state index in [1.165, 1.54) is 10.5 Å². The first-order valence-electron chi connectivity index (χ1n) is 11.4. The number of fused-ring (bicyclic) bond motifs is 1. The normalized spacial score (nSPS) is 20.3. The number of hydrogen-bond acceptors (Lipinski definition) is 3. The van der Waals surface area contributed by atoms with Crippen LogP contribution in [-0.2, 0) is 17.3 Å². The summed E-state index contributed by atoms with van der Waals surface area (Å²) >= 11 is 0. The number of aryl methyl sites for hydroxylation is 1. The Morgan fingerprint density at radius 2 is 1.82 bits per heavy atom. The molecule has 33 heavy (non-hydrogen) atoms. The maximum absolute atomic E-state index is 13.8. The van der Waals surface area contributed by atoms with Gasteiger partial charge in [0, 0.05) is 43.9 Å². The Kier molecular flexibility index (Phi) is 6.66. The Morgan fingerprint density at radius 3 is 2.45 bits per heavy atom. The lowest BCUT2D eigenvalue weighted by Crippen LogP contribution is -2.32. The molecule has 2 fully saturated rings. The van der Waals surface area contributed by atoms with Gasteiger partial charge in [-0.3, -0.25) is 4.79 Å². The van der Waals surface area contributed by atoms with Gasteiger partial charge >= 0.3 is 6.18 Å². The molecule has 182 valence electrons. The van der Waals surface area contributed by atoms with Crippen molar-refractivity contribution in [1.82, 2.24) is 14.7 Å². The Morgan fingerprint density at radius 1 is 1.15 bits per heavy atom. The minimum Gasteiger partial charge on any atom is -0.381 e. The van der Waals surface area contributed by atoms with Gasteiger partial charge in [0.15, 0.2) is 5.69 Å². The van der Waals surface area contributed by atoms with Crippen molar-refractivity contribution < 1.29 is 31.5 Å². The van der Waals surface area contributed by atoms with Crippen LogP contribution in [0, 0.1) is 18.8 Å². The van der Waals surface area contributed by atoms with Crippen molar-refractivity contribution in [3.8, 4) is 0 Å². The molecule has 4 rings (SSSR count). The molecule has 10 heteroatoms. The molecular weight excluding hydrogens is 445 g/mol. The highest BCUT2D eigenvalue weighted by molar-refractivity contribution is 5.95. The monoisotopic (exact) mass is 473 g/mol. The van der Waals surface area contributed by atoms with Gasteiger partial charge in [0.05, 0.1) is 5.69 Å². The molecule has 1 saturated carbocycles. The fraction of sp³-hybridized carbons (Fsp3) is 0.652. The number of alkyl halides is 5. The number of carbonyl (C=O) groups excluding carboxylic acids is 1. The number of hydrogen-bond donors (Lipinski definition) is 1. The number of carbonyl (C=O) groups is 1. The Hall–Kier alpha value is -2.23. The molecular formula is C23H28F5N3O2. The van der Waals surface area contributed by atoms with Crippen LogP contribution in [0.2, 0.25) is 0 Å². The first kappa shape index (κ1) is 23.9. The van der Waals surface area contributed by atoms with Crippen LogP contribution in [0.5, 0.6) is 0 Å². The number of amides is 1. The summed E-state index contributed by atoms with van der Waals surface area (Å²) in [6, 6.07) is 2.91. The lowest BCUT2D eigenvalue weighted by Gasteiger charge is -2.28. The Bertz CT molecular complexity index is 1000. The van der Waals surface area contributed by atoms with E-state index in [0.29, 0.717) is 31.4 Å². The van der Waals surface area contributed by atoms with E-state index in [-0.39, 0.29) is 60.8 Å². The number of ether oxygens (including phenoxy) is 1. The molecule has 2 aromatic rings. The topological polar surface area (TPSA) is 55.6 Å². The van der Waals surface area contributed by atoms with Crippen molar-refractivity contribution >= 4 is 11.6 Å². The number of aromatic nitrogens is 2. The van der Waals surface area contributed by atoms with Gasteiger partial charge in [0.25, 0.3) is 5.91 Å². The van der Waals surface area contributed by atoms with E-state index >= 15 is 0 Å². The van der Waals surface area contributed by atoms with Gasteiger partial charge in [-0.1, -0.05) is 0 Å². The maximum Gasteiger partial charge on any atom is 0.435 e. The van der Waals surface area contributed by atoms with Crippen molar-refractivity contribution in [2.45, 2.75) is 64.0 Å². The summed E-state index contributed by atoms with van der Waals surface area (Å²) in [5, 5.41) is 2.86. The molecule has 0 atom stereocenters. The average molecular weight is 473 g/mol. The molecule has 2 aromatic heterocycles. The highest BCUT2D eigenvalue weighted by atomic mass is 19.4. The first-order valence-corrected chi connectivity index (χ1v) is 11.4. The third kappa shape index (κ3) is 5.47. The van der Waals surface area contributed by atoms with Crippen LogP contribution in [0.3, 0.4) is 0 Å². The standard InChI is InChI=1S/C23H28F5N3O2/c1-14-10-17(21(32)29-13-16-4-8-33-9-5-16)12-19-30-20(23(26,27)28)18(31(14)19)11-15-2-6-22(24,25)7-3-15/h10,12,15-16H,2-9,11,13H2,1H3,(H,29,32). The van der Waals surface area contributed by atoms with Crippen LogP contribution in [0.4, 0.5) is 22.0 Å². The molecule has 0 aromatic carbocycles. The summed E-state index contributed by atoms with van der Waals surface area (Å²) < 4.78 is 75.1.